The first-order valence-electron chi connectivity index (χ1n) is 4.90. The largest absolute Gasteiger partial charge is 0.311 e. The van der Waals surface area contributed by atoms with Crippen molar-refractivity contribution < 1.29 is 0 Å². The Kier molecular flexibility index (Phi) is 5.04. The second-order valence-electron chi connectivity index (χ2n) is 3.64. The van der Waals surface area contributed by atoms with Crippen molar-refractivity contribution in [1.29, 1.82) is 0 Å². The van der Waals surface area contributed by atoms with Crippen molar-refractivity contribution in [3.63, 3.8) is 0 Å². The first-order valence-corrected chi connectivity index (χ1v) is 6.30. The van der Waals surface area contributed by atoms with Crippen LogP contribution in [0.2, 0.25) is 0 Å². The molecule has 0 spiro atoms. The summed E-state index contributed by atoms with van der Waals surface area (Å²) >= 11 is 1.90. The van der Waals surface area contributed by atoms with Gasteiger partial charge in [-0.3, -0.25) is 4.68 Å². The Morgan fingerprint density at radius 1 is 1.64 bits per heavy atom. The lowest BCUT2D eigenvalue weighted by molar-refractivity contribution is 0.542. The molecule has 1 aromatic heterocycles. The molecule has 0 saturated heterocycles. The summed E-state index contributed by atoms with van der Waals surface area (Å²) in [6.07, 6.45) is 3.99. The smallest absolute Gasteiger partial charge is 0.0518 e. The molecule has 1 N–H and O–H groups in total. The predicted molar refractivity (Wildman–Crippen MR) is 62.5 cm³/mol. The molecule has 14 heavy (non-hydrogen) atoms. The zero-order chi connectivity index (χ0) is 10.4. The van der Waals surface area contributed by atoms with Crippen LogP contribution in [-0.4, -0.2) is 28.3 Å². The molecule has 0 aromatic carbocycles. The summed E-state index contributed by atoms with van der Waals surface area (Å²) in [6, 6.07) is 2.05. The Labute approximate surface area is 90.3 Å². The van der Waals surface area contributed by atoms with Gasteiger partial charge in [-0.05, 0) is 30.5 Å². The first kappa shape index (κ1) is 11.6. The quantitative estimate of drug-likeness (QED) is 0.777. The van der Waals surface area contributed by atoms with Crippen LogP contribution in [0.3, 0.4) is 0 Å². The molecule has 1 aromatic rings. The van der Waals surface area contributed by atoms with E-state index in [-0.39, 0.29) is 0 Å². The van der Waals surface area contributed by atoms with Gasteiger partial charge in [-0.25, -0.2) is 0 Å². The van der Waals surface area contributed by atoms with Gasteiger partial charge in [-0.2, -0.15) is 16.9 Å². The van der Waals surface area contributed by atoms with E-state index in [1.165, 1.54) is 11.4 Å². The van der Waals surface area contributed by atoms with Crippen molar-refractivity contribution in [1.82, 2.24) is 15.1 Å². The summed E-state index contributed by atoms with van der Waals surface area (Å²) in [4.78, 5) is 0. The number of thioether (sulfide) groups is 1. The molecule has 80 valence electrons. The van der Waals surface area contributed by atoms with E-state index in [4.69, 9.17) is 0 Å². The van der Waals surface area contributed by atoms with Gasteiger partial charge in [0.1, 0.15) is 0 Å². The lowest BCUT2D eigenvalue weighted by Crippen LogP contribution is -2.23. The standard InChI is InChI=1S/C10H19N3S/c1-9(8-14-3)6-11-7-10-4-5-12-13(10)2/h4-5,9,11H,6-8H2,1-3H3. The van der Waals surface area contributed by atoms with E-state index in [2.05, 4.69) is 23.6 Å². The molecule has 0 bridgehead atoms. The van der Waals surface area contributed by atoms with Gasteiger partial charge >= 0.3 is 0 Å². The Hall–Kier alpha value is -0.480. The van der Waals surface area contributed by atoms with Gasteiger partial charge in [-0.1, -0.05) is 6.92 Å². The number of nitrogens with one attached hydrogen (secondary N) is 1. The predicted octanol–water partition coefficient (Wildman–Crippen LogP) is 1.51. The summed E-state index contributed by atoms with van der Waals surface area (Å²) in [6.45, 7) is 4.26. The van der Waals surface area contributed by atoms with E-state index in [9.17, 15) is 0 Å². The van der Waals surface area contributed by atoms with E-state index in [1.54, 1.807) is 0 Å². The Balaban J connectivity index is 2.19. The lowest BCUT2D eigenvalue weighted by Gasteiger charge is -2.10. The number of aryl methyl sites for hydroxylation is 1. The maximum absolute atomic E-state index is 4.12. The van der Waals surface area contributed by atoms with Crippen molar-refractivity contribution in [3.05, 3.63) is 18.0 Å². The highest BCUT2D eigenvalue weighted by Crippen LogP contribution is 2.03. The molecule has 0 aliphatic heterocycles. The second-order valence-corrected chi connectivity index (χ2v) is 4.55. The normalized spacial score (nSPS) is 13.1. The molecule has 0 aliphatic carbocycles. The lowest BCUT2D eigenvalue weighted by atomic mass is 10.2. The molecule has 0 saturated carbocycles. The van der Waals surface area contributed by atoms with Crippen molar-refractivity contribution in [3.8, 4) is 0 Å². The van der Waals surface area contributed by atoms with E-state index in [1.807, 2.05) is 35.8 Å². The summed E-state index contributed by atoms with van der Waals surface area (Å²) in [7, 11) is 1.97. The summed E-state index contributed by atoms with van der Waals surface area (Å²) in [5.74, 6) is 1.96. The molecule has 0 aliphatic rings. The van der Waals surface area contributed by atoms with Crippen molar-refractivity contribution >= 4 is 11.8 Å². The van der Waals surface area contributed by atoms with Gasteiger partial charge in [0.05, 0.1) is 5.69 Å². The van der Waals surface area contributed by atoms with Crippen molar-refractivity contribution in [2.75, 3.05) is 18.6 Å². The topological polar surface area (TPSA) is 29.9 Å². The zero-order valence-corrected chi connectivity index (χ0v) is 9.97. The Morgan fingerprint density at radius 2 is 2.43 bits per heavy atom. The molecule has 1 atom stereocenters. The van der Waals surface area contributed by atoms with Crippen LogP contribution < -0.4 is 5.32 Å². The van der Waals surface area contributed by atoms with Crippen LogP contribution in [0.5, 0.6) is 0 Å². The number of hydrogen-bond donors (Lipinski definition) is 1. The van der Waals surface area contributed by atoms with Gasteiger partial charge in [0, 0.05) is 19.8 Å². The summed E-state index contributed by atoms with van der Waals surface area (Å²) in [5, 5.41) is 7.56. The van der Waals surface area contributed by atoms with Crippen LogP contribution in [0, 0.1) is 5.92 Å². The molecule has 1 heterocycles. The SMILES string of the molecule is CSCC(C)CNCc1ccnn1C. The van der Waals surface area contributed by atoms with E-state index in [0.29, 0.717) is 0 Å². The maximum Gasteiger partial charge on any atom is 0.0518 e. The fraction of sp³-hybridized carbons (Fsp3) is 0.700. The molecule has 0 amide bonds. The minimum absolute atomic E-state index is 0.734. The minimum Gasteiger partial charge on any atom is -0.311 e. The fourth-order valence-corrected chi connectivity index (χ4v) is 2.05. The molecule has 0 radical (unpaired) electrons. The molecule has 1 rings (SSSR count). The van der Waals surface area contributed by atoms with Crippen molar-refractivity contribution in [2.45, 2.75) is 13.5 Å². The third-order valence-electron chi connectivity index (χ3n) is 2.17. The Morgan fingerprint density at radius 3 is 3.00 bits per heavy atom. The van der Waals surface area contributed by atoms with Gasteiger partial charge in [-0.15, -0.1) is 0 Å². The summed E-state index contributed by atoms with van der Waals surface area (Å²) < 4.78 is 1.91. The third-order valence-corrected chi connectivity index (χ3v) is 3.07. The maximum atomic E-state index is 4.12. The van der Waals surface area contributed by atoms with E-state index < -0.39 is 0 Å². The van der Waals surface area contributed by atoms with Crippen LogP contribution in [0.1, 0.15) is 12.6 Å². The van der Waals surface area contributed by atoms with Crippen LogP contribution in [0.4, 0.5) is 0 Å². The molecule has 0 fully saturated rings. The van der Waals surface area contributed by atoms with Crippen LogP contribution >= 0.6 is 11.8 Å². The highest BCUT2D eigenvalue weighted by molar-refractivity contribution is 7.98. The fourth-order valence-electron chi connectivity index (χ4n) is 1.36. The van der Waals surface area contributed by atoms with Crippen LogP contribution in [-0.2, 0) is 13.6 Å². The van der Waals surface area contributed by atoms with Crippen molar-refractivity contribution in [2.24, 2.45) is 13.0 Å². The minimum atomic E-state index is 0.734. The number of nitrogens with zero attached hydrogens (tertiary/aromatic N) is 2. The molecule has 1 unspecified atom stereocenters. The van der Waals surface area contributed by atoms with Gasteiger partial charge in [0.2, 0.25) is 0 Å². The van der Waals surface area contributed by atoms with Crippen LogP contribution in [0.25, 0.3) is 0 Å². The monoisotopic (exact) mass is 213 g/mol. The number of rotatable bonds is 6. The molecule has 3 nitrogen and oxygen atoms in total. The average molecular weight is 213 g/mol. The molecular weight excluding hydrogens is 194 g/mol. The molecule has 4 heteroatoms. The van der Waals surface area contributed by atoms with E-state index >= 15 is 0 Å². The highest BCUT2D eigenvalue weighted by Gasteiger charge is 2.01. The summed E-state index contributed by atoms with van der Waals surface area (Å²) in [5.41, 5.74) is 1.24. The average Bonchev–Trinajstić information content (AvgIpc) is 2.52. The van der Waals surface area contributed by atoms with Gasteiger partial charge in [0.25, 0.3) is 0 Å². The second kappa shape index (κ2) is 6.09. The highest BCUT2D eigenvalue weighted by atomic mass is 32.2. The third kappa shape index (κ3) is 3.72. The zero-order valence-electron chi connectivity index (χ0n) is 9.16. The van der Waals surface area contributed by atoms with Crippen LogP contribution in [0.15, 0.2) is 12.3 Å². The van der Waals surface area contributed by atoms with E-state index in [0.717, 1.165) is 19.0 Å². The van der Waals surface area contributed by atoms with Gasteiger partial charge in [0.15, 0.2) is 0 Å². The van der Waals surface area contributed by atoms with Gasteiger partial charge < -0.3 is 5.32 Å². The number of aromatic nitrogens is 2. The first-order chi connectivity index (χ1) is 6.74. The molecular formula is C10H19N3S. The number of hydrogen-bond acceptors (Lipinski definition) is 3. The Bertz CT molecular complexity index is 260.